The molecule has 1 amide bonds. The summed E-state index contributed by atoms with van der Waals surface area (Å²) in [6.07, 6.45) is 7.32. The number of likely N-dealkylation sites (tertiary alicyclic amines) is 1. The number of hydrogen-bond acceptors (Lipinski definition) is 3. The van der Waals surface area contributed by atoms with E-state index in [4.69, 9.17) is 0 Å². The minimum Gasteiger partial charge on any atom is -0.346 e. The lowest BCUT2D eigenvalue weighted by Crippen LogP contribution is -2.39. The van der Waals surface area contributed by atoms with Gasteiger partial charge in [0.05, 0.1) is 11.8 Å². The fourth-order valence-corrected chi connectivity index (χ4v) is 2.74. The molecule has 0 spiro atoms. The van der Waals surface area contributed by atoms with Gasteiger partial charge < -0.3 is 9.88 Å². The first kappa shape index (κ1) is 12.9. The van der Waals surface area contributed by atoms with Crippen LogP contribution in [0, 0.1) is 6.92 Å². The number of H-pyrrole nitrogens is 1. The third-order valence-corrected chi connectivity index (χ3v) is 3.77. The Hall–Kier alpha value is -2.11. The summed E-state index contributed by atoms with van der Waals surface area (Å²) in [6, 6.07) is 0. The number of carbonyl (C=O) groups excluding carboxylic acids is 1. The maximum atomic E-state index is 12.4. The Labute approximate surface area is 117 Å². The SMILES string of the molecule is Cc1cnc([C@H]2CCCN(C(=O)c3cnn(C)c3)C2)[nH]1. The van der Waals surface area contributed by atoms with Crippen LogP contribution in [0.2, 0.25) is 0 Å². The van der Waals surface area contributed by atoms with E-state index in [-0.39, 0.29) is 5.91 Å². The summed E-state index contributed by atoms with van der Waals surface area (Å²) in [7, 11) is 1.82. The molecule has 6 heteroatoms. The summed E-state index contributed by atoms with van der Waals surface area (Å²) < 4.78 is 1.66. The Morgan fingerprint density at radius 3 is 2.95 bits per heavy atom. The third kappa shape index (κ3) is 2.45. The number of imidazole rings is 1. The molecule has 3 rings (SSSR count). The normalized spacial score (nSPS) is 19.3. The molecule has 106 valence electrons. The lowest BCUT2D eigenvalue weighted by Gasteiger charge is -2.31. The smallest absolute Gasteiger partial charge is 0.257 e. The van der Waals surface area contributed by atoms with Crippen LogP contribution in [0.1, 0.15) is 40.6 Å². The summed E-state index contributed by atoms with van der Waals surface area (Å²) in [5.74, 6) is 1.36. The zero-order chi connectivity index (χ0) is 14.1. The number of piperidine rings is 1. The minimum absolute atomic E-state index is 0.0612. The molecule has 1 N–H and O–H groups in total. The van der Waals surface area contributed by atoms with E-state index in [1.165, 1.54) is 0 Å². The number of rotatable bonds is 2. The van der Waals surface area contributed by atoms with Crippen LogP contribution >= 0.6 is 0 Å². The zero-order valence-electron chi connectivity index (χ0n) is 11.8. The highest BCUT2D eigenvalue weighted by Crippen LogP contribution is 2.25. The van der Waals surface area contributed by atoms with E-state index in [1.807, 2.05) is 25.1 Å². The third-order valence-electron chi connectivity index (χ3n) is 3.77. The highest BCUT2D eigenvalue weighted by molar-refractivity contribution is 5.93. The van der Waals surface area contributed by atoms with Gasteiger partial charge in [0.15, 0.2) is 0 Å². The van der Waals surface area contributed by atoms with Gasteiger partial charge in [-0.15, -0.1) is 0 Å². The second kappa shape index (κ2) is 5.11. The number of aromatic amines is 1. The topological polar surface area (TPSA) is 66.8 Å². The van der Waals surface area contributed by atoms with E-state index in [9.17, 15) is 4.79 Å². The summed E-state index contributed by atoms with van der Waals surface area (Å²) in [6.45, 7) is 3.53. The molecule has 1 atom stereocenters. The van der Waals surface area contributed by atoms with Crippen LogP contribution in [0.25, 0.3) is 0 Å². The van der Waals surface area contributed by atoms with Crippen LogP contribution in [-0.2, 0) is 7.05 Å². The quantitative estimate of drug-likeness (QED) is 0.901. The van der Waals surface area contributed by atoms with Gasteiger partial charge in [0.2, 0.25) is 0 Å². The molecular formula is C14H19N5O. The van der Waals surface area contributed by atoms with Gasteiger partial charge in [-0.05, 0) is 19.8 Å². The fourth-order valence-electron chi connectivity index (χ4n) is 2.74. The molecule has 3 heterocycles. The van der Waals surface area contributed by atoms with E-state index in [1.54, 1.807) is 17.1 Å². The van der Waals surface area contributed by atoms with Crippen molar-refractivity contribution < 1.29 is 4.79 Å². The summed E-state index contributed by atoms with van der Waals surface area (Å²) >= 11 is 0. The van der Waals surface area contributed by atoms with Crippen molar-refractivity contribution in [3.63, 3.8) is 0 Å². The molecule has 1 aliphatic rings. The summed E-state index contributed by atoms with van der Waals surface area (Å²) in [5, 5.41) is 4.06. The van der Waals surface area contributed by atoms with Crippen molar-refractivity contribution in [2.24, 2.45) is 7.05 Å². The molecule has 1 fully saturated rings. The molecule has 20 heavy (non-hydrogen) atoms. The van der Waals surface area contributed by atoms with Gasteiger partial charge in [0.1, 0.15) is 5.82 Å². The Morgan fingerprint density at radius 1 is 1.45 bits per heavy atom. The standard InChI is InChI=1S/C14H19N5O/c1-10-6-15-13(17-10)11-4-3-5-19(9-11)14(20)12-7-16-18(2)8-12/h6-8,11H,3-5,9H2,1-2H3,(H,15,17)/t11-/m0/s1. The molecule has 0 radical (unpaired) electrons. The molecule has 2 aromatic rings. The zero-order valence-corrected chi connectivity index (χ0v) is 11.8. The van der Waals surface area contributed by atoms with Crippen molar-refractivity contribution in [2.45, 2.75) is 25.7 Å². The van der Waals surface area contributed by atoms with E-state index in [0.29, 0.717) is 11.5 Å². The molecule has 0 aliphatic carbocycles. The Bertz CT molecular complexity index is 615. The van der Waals surface area contributed by atoms with E-state index in [2.05, 4.69) is 15.1 Å². The largest absolute Gasteiger partial charge is 0.346 e. The Balaban J connectivity index is 1.73. The summed E-state index contributed by atoms with van der Waals surface area (Å²) in [5.41, 5.74) is 1.72. The van der Waals surface area contributed by atoms with Crippen molar-refractivity contribution in [2.75, 3.05) is 13.1 Å². The minimum atomic E-state index is 0.0612. The lowest BCUT2D eigenvalue weighted by atomic mass is 9.97. The summed E-state index contributed by atoms with van der Waals surface area (Å²) in [4.78, 5) is 22.0. The average molecular weight is 273 g/mol. The fraction of sp³-hybridized carbons (Fsp3) is 0.500. The van der Waals surface area contributed by atoms with Crippen LogP contribution in [-0.4, -0.2) is 43.6 Å². The monoisotopic (exact) mass is 273 g/mol. The van der Waals surface area contributed by atoms with E-state index >= 15 is 0 Å². The molecular weight excluding hydrogens is 254 g/mol. The van der Waals surface area contributed by atoms with Gasteiger partial charge in [-0.1, -0.05) is 0 Å². The number of aromatic nitrogens is 4. The van der Waals surface area contributed by atoms with Gasteiger partial charge in [0.25, 0.3) is 5.91 Å². The molecule has 0 saturated carbocycles. The molecule has 0 unspecified atom stereocenters. The average Bonchev–Trinajstić information content (AvgIpc) is 3.07. The van der Waals surface area contributed by atoms with Crippen molar-refractivity contribution in [1.82, 2.24) is 24.6 Å². The lowest BCUT2D eigenvalue weighted by molar-refractivity contribution is 0.0704. The van der Waals surface area contributed by atoms with Crippen LogP contribution in [0.15, 0.2) is 18.6 Å². The van der Waals surface area contributed by atoms with Crippen molar-refractivity contribution >= 4 is 5.91 Å². The maximum absolute atomic E-state index is 12.4. The first-order valence-electron chi connectivity index (χ1n) is 6.93. The molecule has 2 aromatic heterocycles. The van der Waals surface area contributed by atoms with E-state index < -0.39 is 0 Å². The Morgan fingerprint density at radius 2 is 2.30 bits per heavy atom. The van der Waals surface area contributed by atoms with Gasteiger partial charge in [-0.25, -0.2) is 4.98 Å². The first-order valence-corrected chi connectivity index (χ1v) is 6.93. The van der Waals surface area contributed by atoms with E-state index in [0.717, 1.165) is 37.4 Å². The number of hydrogen-bond donors (Lipinski definition) is 1. The number of aryl methyl sites for hydroxylation is 2. The van der Waals surface area contributed by atoms with Crippen LogP contribution in [0.5, 0.6) is 0 Å². The molecule has 0 bridgehead atoms. The molecule has 0 aromatic carbocycles. The first-order chi connectivity index (χ1) is 9.63. The van der Waals surface area contributed by atoms with Crippen molar-refractivity contribution in [1.29, 1.82) is 0 Å². The second-order valence-corrected chi connectivity index (χ2v) is 5.44. The highest BCUT2D eigenvalue weighted by Gasteiger charge is 2.27. The predicted octanol–water partition coefficient (Wildman–Crippen LogP) is 1.47. The predicted molar refractivity (Wildman–Crippen MR) is 74.4 cm³/mol. The second-order valence-electron chi connectivity index (χ2n) is 5.44. The number of nitrogens with one attached hydrogen (secondary N) is 1. The van der Waals surface area contributed by atoms with Gasteiger partial charge in [0, 0.05) is 44.1 Å². The van der Waals surface area contributed by atoms with Crippen molar-refractivity contribution in [3.05, 3.63) is 35.7 Å². The molecule has 1 saturated heterocycles. The maximum Gasteiger partial charge on any atom is 0.257 e. The highest BCUT2D eigenvalue weighted by atomic mass is 16.2. The van der Waals surface area contributed by atoms with Gasteiger partial charge in [-0.3, -0.25) is 9.48 Å². The van der Waals surface area contributed by atoms with Crippen LogP contribution < -0.4 is 0 Å². The van der Waals surface area contributed by atoms with Gasteiger partial charge >= 0.3 is 0 Å². The van der Waals surface area contributed by atoms with Crippen LogP contribution in [0.4, 0.5) is 0 Å². The molecule has 1 aliphatic heterocycles. The number of nitrogens with zero attached hydrogens (tertiary/aromatic N) is 4. The Kier molecular flexibility index (Phi) is 3.30. The van der Waals surface area contributed by atoms with Crippen LogP contribution in [0.3, 0.4) is 0 Å². The number of amides is 1. The van der Waals surface area contributed by atoms with Gasteiger partial charge in [-0.2, -0.15) is 5.10 Å². The molecule has 6 nitrogen and oxygen atoms in total. The number of carbonyl (C=O) groups is 1. The van der Waals surface area contributed by atoms with Crippen molar-refractivity contribution in [3.8, 4) is 0 Å².